The van der Waals surface area contributed by atoms with Gasteiger partial charge in [0.05, 0.1) is 21.9 Å². The number of amides is 2. The van der Waals surface area contributed by atoms with Gasteiger partial charge in [0.1, 0.15) is 5.82 Å². The number of hydrogen-bond acceptors (Lipinski definition) is 3. The Morgan fingerprint density at radius 3 is 2.39 bits per heavy atom. The lowest BCUT2D eigenvalue weighted by Gasteiger charge is -2.28. The van der Waals surface area contributed by atoms with E-state index in [2.05, 4.69) is 24.5 Å². The van der Waals surface area contributed by atoms with Crippen molar-refractivity contribution in [2.45, 2.75) is 56.5 Å². The molecule has 4 aromatic rings. The van der Waals surface area contributed by atoms with Crippen LogP contribution in [0, 0.1) is 5.82 Å². The van der Waals surface area contributed by atoms with Crippen LogP contribution in [0.2, 0.25) is 15.1 Å². The molecule has 4 rings (SSSR count). The molecule has 3 aromatic carbocycles. The van der Waals surface area contributed by atoms with E-state index in [4.69, 9.17) is 39.8 Å². The third-order valence-electron chi connectivity index (χ3n) is 6.69. The van der Waals surface area contributed by atoms with Gasteiger partial charge in [-0.3, -0.25) is 4.57 Å². The van der Waals surface area contributed by atoms with Gasteiger partial charge in [0.2, 0.25) is 0 Å². The first-order valence-electron chi connectivity index (χ1n) is 13.2. The summed E-state index contributed by atoms with van der Waals surface area (Å²) < 4.78 is 15.9. The van der Waals surface area contributed by atoms with Crippen LogP contribution in [-0.2, 0) is 17.6 Å². The highest BCUT2D eigenvalue weighted by molar-refractivity contribution is 7.98. The number of halogens is 4. The second kappa shape index (κ2) is 13.5. The lowest BCUT2D eigenvalue weighted by molar-refractivity contribution is 0.238. The second-order valence-corrected chi connectivity index (χ2v) is 12.7. The number of imidazole rings is 1. The van der Waals surface area contributed by atoms with Crippen LogP contribution in [0.15, 0.2) is 72.0 Å². The Morgan fingerprint density at radius 2 is 1.73 bits per heavy atom. The summed E-state index contributed by atoms with van der Waals surface area (Å²) in [6, 6.07) is 17.8. The van der Waals surface area contributed by atoms with Crippen molar-refractivity contribution in [3.8, 4) is 5.69 Å². The molecule has 216 valence electrons. The zero-order chi connectivity index (χ0) is 29.7. The minimum absolute atomic E-state index is 0.0814. The Labute approximate surface area is 259 Å². The molecule has 2 N–H and O–H groups in total. The maximum atomic E-state index is 13.8. The number of benzene rings is 3. The van der Waals surface area contributed by atoms with Gasteiger partial charge in [-0.05, 0) is 79.4 Å². The molecule has 5 nitrogen and oxygen atoms in total. The number of aromatic nitrogens is 2. The largest absolute Gasteiger partial charge is 0.338 e. The Bertz CT molecular complexity index is 1520. The quantitative estimate of drug-likeness (QED) is 0.172. The van der Waals surface area contributed by atoms with E-state index >= 15 is 0 Å². The third kappa shape index (κ3) is 7.77. The van der Waals surface area contributed by atoms with Gasteiger partial charge in [-0.1, -0.05) is 78.6 Å². The summed E-state index contributed by atoms with van der Waals surface area (Å²) >= 11 is 20.7. The molecule has 0 aliphatic carbocycles. The summed E-state index contributed by atoms with van der Waals surface area (Å²) in [4.78, 5) is 16.6. The van der Waals surface area contributed by atoms with E-state index in [1.807, 2.05) is 54.9 Å². The summed E-state index contributed by atoms with van der Waals surface area (Å²) in [5, 5.41) is 8.04. The Kier molecular flexibility index (Phi) is 10.3. The maximum absolute atomic E-state index is 13.8. The molecule has 0 spiro atoms. The molecule has 0 unspecified atom stereocenters. The van der Waals surface area contributed by atoms with Gasteiger partial charge < -0.3 is 10.6 Å². The van der Waals surface area contributed by atoms with E-state index < -0.39 is 5.41 Å². The number of rotatable bonds is 10. The van der Waals surface area contributed by atoms with Crippen LogP contribution in [0.25, 0.3) is 5.69 Å². The molecular weight excluding hydrogens is 602 g/mol. The van der Waals surface area contributed by atoms with E-state index in [9.17, 15) is 9.18 Å². The van der Waals surface area contributed by atoms with E-state index in [0.717, 1.165) is 33.2 Å². The molecule has 41 heavy (non-hydrogen) atoms. The van der Waals surface area contributed by atoms with Crippen molar-refractivity contribution in [3.05, 3.63) is 110 Å². The minimum atomic E-state index is -0.492. The molecule has 10 heteroatoms. The van der Waals surface area contributed by atoms with E-state index in [-0.39, 0.29) is 17.9 Å². The van der Waals surface area contributed by atoms with E-state index in [1.165, 1.54) is 12.1 Å². The van der Waals surface area contributed by atoms with Crippen LogP contribution >= 0.6 is 46.6 Å². The van der Waals surface area contributed by atoms with Crippen LogP contribution in [0.3, 0.4) is 0 Å². The predicted molar refractivity (Wildman–Crippen MR) is 168 cm³/mol. The van der Waals surface area contributed by atoms with Crippen LogP contribution in [0.5, 0.6) is 0 Å². The van der Waals surface area contributed by atoms with Crippen molar-refractivity contribution in [3.63, 3.8) is 0 Å². The van der Waals surface area contributed by atoms with E-state index in [1.54, 1.807) is 30.0 Å². The van der Waals surface area contributed by atoms with Crippen LogP contribution in [-0.4, -0.2) is 28.2 Å². The van der Waals surface area contributed by atoms with Crippen molar-refractivity contribution in [1.29, 1.82) is 0 Å². The molecule has 1 aromatic heterocycles. The number of thioether (sulfide) groups is 1. The van der Waals surface area contributed by atoms with Gasteiger partial charge in [-0.25, -0.2) is 14.2 Å². The SMILES string of the molecule is CC(C)NC(=O)NCCc1ccc(CSc2ncc(C(C)(C)c3ccc(Cl)c(Cl)c3)n2-c2ccc(F)cc2)c(Cl)c1. The lowest BCUT2D eigenvalue weighted by Crippen LogP contribution is -2.40. The van der Waals surface area contributed by atoms with Crippen molar-refractivity contribution in [1.82, 2.24) is 20.2 Å². The molecule has 0 bridgehead atoms. The number of carbonyl (C=O) groups excluding carboxylic acids is 1. The predicted octanol–water partition coefficient (Wildman–Crippen LogP) is 8.84. The summed E-state index contributed by atoms with van der Waals surface area (Å²) in [5.74, 6) is 0.273. The highest BCUT2D eigenvalue weighted by atomic mass is 35.5. The zero-order valence-corrected chi connectivity index (χ0v) is 26.4. The fourth-order valence-electron chi connectivity index (χ4n) is 4.39. The van der Waals surface area contributed by atoms with Gasteiger partial charge in [0.15, 0.2) is 5.16 Å². The third-order valence-corrected chi connectivity index (χ3v) is 8.78. The van der Waals surface area contributed by atoms with Gasteiger partial charge in [-0.15, -0.1) is 0 Å². The van der Waals surface area contributed by atoms with Crippen LogP contribution < -0.4 is 10.6 Å². The first-order valence-corrected chi connectivity index (χ1v) is 15.3. The summed E-state index contributed by atoms with van der Waals surface area (Å²) in [5.41, 5.74) is 4.19. The van der Waals surface area contributed by atoms with Crippen molar-refractivity contribution in [2.24, 2.45) is 0 Å². The summed E-state index contributed by atoms with van der Waals surface area (Å²) in [6.45, 7) is 8.53. The first kappa shape index (κ1) is 31.2. The highest BCUT2D eigenvalue weighted by Crippen LogP contribution is 2.39. The molecule has 0 aliphatic rings. The number of urea groups is 1. The normalized spacial score (nSPS) is 11.6. The van der Waals surface area contributed by atoms with Gasteiger partial charge in [0, 0.05) is 34.5 Å². The first-order chi connectivity index (χ1) is 19.5. The fourth-order valence-corrected chi connectivity index (χ4v) is 6.03. The number of nitrogens with zero attached hydrogens (tertiary/aromatic N) is 2. The van der Waals surface area contributed by atoms with Crippen LogP contribution in [0.4, 0.5) is 9.18 Å². The molecular formula is C31H32Cl3FN4OS. The number of carbonyl (C=O) groups is 1. The van der Waals surface area contributed by atoms with Crippen molar-refractivity contribution in [2.75, 3.05) is 6.54 Å². The molecule has 1 heterocycles. The Hall–Kier alpha value is -2.71. The zero-order valence-electron chi connectivity index (χ0n) is 23.3. The van der Waals surface area contributed by atoms with Crippen LogP contribution in [0.1, 0.15) is 50.1 Å². The molecule has 2 amide bonds. The minimum Gasteiger partial charge on any atom is -0.338 e. The Morgan fingerprint density at radius 1 is 1.00 bits per heavy atom. The molecule has 0 radical (unpaired) electrons. The van der Waals surface area contributed by atoms with Crippen molar-refractivity contribution >= 4 is 52.6 Å². The molecule has 0 saturated heterocycles. The molecule has 0 saturated carbocycles. The van der Waals surface area contributed by atoms with Crippen molar-refractivity contribution < 1.29 is 9.18 Å². The Balaban J connectivity index is 1.56. The topological polar surface area (TPSA) is 59.0 Å². The average Bonchev–Trinajstić information content (AvgIpc) is 3.34. The number of hydrogen-bond donors (Lipinski definition) is 2. The van der Waals surface area contributed by atoms with Gasteiger partial charge in [-0.2, -0.15) is 0 Å². The average molecular weight is 634 g/mol. The number of nitrogens with one attached hydrogen (secondary N) is 2. The smallest absolute Gasteiger partial charge is 0.314 e. The van der Waals surface area contributed by atoms with Gasteiger partial charge >= 0.3 is 6.03 Å². The summed E-state index contributed by atoms with van der Waals surface area (Å²) in [6.07, 6.45) is 2.52. The molecule has 0 atom stereocenters. The monoisotopic (exact) mass is 632 g/mol. The standard InChI is InChI=1S/C31H32Cl3FN4OS/c1-19(2)38-29(40)36-14-13-20-5-6-21(26(33)15-20)18-41-30-37-17-28(39(30)24-10-8-23(35)9-11-24)31(3,4)22-7-12-25(32)27(34)16-22/h5-12,15-17,19H,13-14,18H2,1-4H3,(H2,36,38,40). The lowest BCUT2D eigenvalue weighted by atomic mass is 9.81. The van der Waals surface area contributed by atoms with Gasteiger partial charge in [0.25, 0.3) is 0 Å². The second-order valence-electron chi connectivity index (χ2n) is 10.5. The maximum Gasteiger partial charge on any atom is 0.314 e. The molecule has 0 aliphatic heterocycles. The molecule has 0 fully saturated rings. The van der Waals surface area contributed by atoms with E-state index in [0.29, 0.717) is 33.8 Å². The summed E-state index contributed by atoms with van der Waals surface area (Å²) in [7, 11) is 0. The fraction of sp³-hybridized carbons (Fsp3) is 0.290. The highest BCUT2D eigenvalue weighted by Gasteiger charge is 2.30.